The number of carbonyl (C=O) groups is 2. The van der Waals surface area contributed by atoms with Crippen molar-refractivity contribution < 1.29 is 19.4 Å². The molecule has 0 rings (SSSR count). The Morgan fingerprint density at radius 2 is 1.86 bits per heavy atom. The van der Waals surface area contributed by atoms with E-state index in [1.54, 1.807) is 20.8 Å². The average molecular weight is 325 g/mol. The molecule has 0 aromatic heterocycles. The van der Waals surface area contributed by atoms with Crippen molar-refractivity contribution in [3.63, 3.8) is 0 Å². The second-order valence-electron chi connectivity index (χ2n) is 5.34. The Morgan fingerprint density at radius 3 is 2.29 bits per heavy atom. The van der Waals surface area contributed by atoms with Gasteiger partial charge in [0, 0.05) is 6.54 Å². The number of ether oxygens (including phenoxy) is 1. The number of nitrogens with one attached hydrogen (secondary N) is 1. The number of alkyl carbamates (subject to hydrolysis) is 1. The second-order valence-corrected chi connectivity index (χ2v) is 5.34. The Bertz CT molecular complexity index is 365. The van der Waals surface area contributed by atoms with Crippen molar-refractivity contribution in [1.29, 1.82) is 0 Å². The van der Waals surface area contributed by atoms with Gasteiger partial charge in [-0.3, -0.25) is 4.99 Å². The molecule has 6 N–H and O–H groups in total. The summed E-state index contributed by atoms with van der Waals surface area (Å²) in [7, 11) is 0. The third-order valence-electron chi connectivity index (χ3n) is 2.18. The largest absolute Gasteiger partial charge is 0.480 e. The van der Waals surface area contributed by atoms with Crippen molar-refractivity contribution in [1.82, 2.24) is 5.32 Å². The van der Waals surface area contributed by atoms with E-state index in [-0.39, 0.29) is 24.8 Å². The van der Waals surface area contributed by atoms with E-state index in [1.807, 2.05) is 0 Å². The number of aliphatic imine (C=N–C) groups is 1. The van der Waals surface area contributed by atoms with Crippen molar-refractivity contribution in [3.8, 4) is 0 Å². The summed E-state index contributed by atoms with van der Waals surface area (Å²) >= 11 is 0. The van der Waals surface area contributed by atoms with Crippen LogP contribution in [-0.4, -0.2) is 41.3 Å². The number of nitrogens with zero attached hydrogens (tertiary/aromatic N) is 1. The predicted octanol–water partition coefficient (Wildman–Crippen LogP) is 0.830. The van der Waals surface area contributed by atoms with Gasteiger partial charge in [0.2, 0.25) is 0 Å². The lowest BCUT2D eigenvalue weighted by molar-refractivity contribution is -0.139. The van der Waals surface area contributed by atoms with Gasteiger partial charge in [-0.15, -0.1) is 12.4 Å². The molecule has 124 valence electrons. The van der Waals surface area contributed by atoms with Crippen LogP contribution in [0, 0.1) is 0 Å². The second kappa shape index (κ2) is 10.1. The van der Waals surface area contributed by atoms with Gasteiger partial charge in [-0.25, -0.2) is 9.59 Å². The highest BCUT2D eigenvalue weighted by Crippen LogP contribution is 2.08. The Labute approximate surface area is 130 Å². The van der Waals surface area contributed by atoms with E-state index >= 15 is 0 Å². The number of amides is 1. The number of carboxylic acid groups (broad SMARTS) is 1. The monoisotopic (exact) mass is 324 g/mol. The number of guanidine groups is 1. The zero-order chi connectivity index (χ0) is 15.8. The lowest BCUT2D eigenvalue weighted by Crippen LogP contribution is -2.43. The highest BCUT2D eigenvalue weighted by atomic mass is 35.5. The van der Waals surface area contributed by atoms with Crippen LogP contribution in [0.5, 0.6) is 0 Å². The quantitative estimate of drug-likeness (QED) is 0.310. The van der Waals surface area contributed by atoms with E-state index in [1.165, 1.54) is 0 Å². The van der Waals surface area contributed by atoms with Crippen LogP contribution in [0.25, 0.3) is 0 Å². The molecule has 0 heterocycles. The first-order valence-corrected chi connectivity index (χ1v) is 6.39. The summed E-state index contributed by atoms with van der Waals surface area (Å²) < 4.78 is 5.01. The molecule has 21 heavy (non-hydrogen) atoms. The minimum absolute atomic E-state index is 0. The summed E-state index contributed by atoms with van der Waals surface area (Å²) in [6.45, 7) is 5.55. The number of nitrogens with two attached hydrogens (primary N) is 2. The number of unbranched alkanes of at least 4 members (excludes halogenated alkanes) is 1. The van der Waals surface area contributed by atoms with Crippen LogP contribution in [0.2, 0.25) is 0 Å². The number of halogens is 1. The topological polar surface area (TPSA) is 140 Å². The van der Waals surface area contributed by atoms with Crippen LogP contribution in [0.1, 0.15) is 40.0 Å². The van der Waals surface area contributed by atoms with Gasteiger partial charge in [0.25, 0.3) is 0 Å². The van der Waals surface area contributed by atoms with Gasteiger partial charge in [0.15, 0.2) is 5.96 Å². The Hall–Kier alpha value is -1.70. The zero-order valence-electron chi connectivity index (χ0n) is 12.6. The first kappa shape index (κ1) is 21.6. The van der Waals surface area contributed by atoms with Crippen LogP contribution < -0.4 is 16.8 Å². The van der Waals surface area contributed by atoms with Gasteiger partial charge >= 0.3 is 12.1 Å². The highest BCUT2D eigenvalue weighted by Gasteiger charge is 2.23. The molecule has 0 radical (unpaired) electrons. The predicted molar refractivity (Wildman–Crippen MR) is 82.6 cm³/mol. The summed E-state index contributed by atoms with van der Waals surface area (Å²) in [5, 5.41) is 11.4. The van der Waals surface area contributed by atoms with Gasteiger partial charge in [-0.1, -0.05) is 0 Å². The first-order valence-electron chi connectivity index (χ1n) is 6.39. The zero-order valence-corrected chi connectivity index (χ0v) is 13.4. The molecule has 0 aliphatic heterocycles. The van der Waals surface area contributed by atoms with E-state index in [4.69, 9.17) is 21.3 Å². The molecule has 0 saturated heterocycles. The van der Waals surface area contributed by atoms with E-state index < -0.39 is 23.7 Å². The van der Waals surface area contributed by atoms with Crippen LogP contribution in [-0.2, 0) is 9.53 Å². The number of carboxylic acids is 1. The number of hydrogen-bond donors (Lipinski definition) is 4. The third kappa shape index (κ3) is 13.1. The van der Waals surface area contributed by atoms with Crippen LogP contribution in [0.15, 0.2) is 4.99 Å². The molecule has 0 aliphatic carbocycles. The SMILES string of the molecule is CC(C)(C)OC(=O)N[C@@H](CCCCN=C(N)N)C(=O)O.Cl. The molecule has 0 saturated carbocycles. The Balaban J connectivity index is 0. The number of rotatable bonds is 7. The molecule has 0 aromatic carbocycles. The molecule has 0 fully saturated rings. The normalized spacial score (nSPS) is 11.8. The molecule has 1 amide bonds. The number of hydrogen-bond acceptors (Lipinski definition) is 4. The van der Waals surface area contributed by atoms with E-state index in [0.717, 1.165) is 0 Å². The maximum atomic E-state index is 11.5. The molecule has 9 heteroatoms. The lowest BCUT2D eigenvalue weighted by Gasteiger charge is -2.21. The molecule has 0 aliphatic rings. The van der Waals surface area contributed by atoms with Gasteiger partial charge in [0.1, 0.15) is 11.6 Å². The Kier molecular flexibility index (Phi) is 10.4. The summed E-state index contributed by atoms with van der Waals surface area (Å²) in [5.41, 5.74) is 9.67. The maximum Gasteiger partial charge on any atom is 0.408 e. The maximum absolute atomic E-state index is 11.5. The van der Waals surface area contributed by atoms with Crippen LogP contribution >= 0.6 is 12.4 Å². The van der Waals surface area contributed by atoms with Gasteiger partial charge < -0.3 is 26.6 Å². The van der Waals surface area contributed by atoms with Crippen molar-refractivity contribution in [2.75, 3.05) is 6.54 Å². The van der Waals surface area contributed by atoms with E-state index in [2.05, 4.69) is 10.3 Å². The lowest BCUT2D eigenvalue weighted by atomic mass is 10.1. The fourth-order valence-corrected chi connectivity index (χ4v) is 1.38. The van der Waals surface area contributed by atoms with Crippen molar-refractivity contribution in [2.45, 2.75) is 51.7 Å². The molecule has 0 unspecified atom stereocenters. The van der Waals surface area contributed by atoms with Crippen LogP contribution in [0.4, 0.5) is 4.79 Å². The first-order chi connectivity index (χ1) is 9.11. The van der Waals surface area contributed by atoms with Crippen LogP contribution in [0.3, 0.4) is 0 Å². The van der Waals surface area contributed by atoms with Crippen molar-refractivity contribution >= 4 is 30.4 Å². The highest BCUT2D eigenvalue weighted by molar-refractivity contribution is 5.85. The summed E-state index contributed by atoms with van der Waals surface area (Å²) in [4.78, 5) is 26.3. The molecule has 0 bridgehead atoms. The fraction of sp³-hybridized carbons (Fsp3) is 0.750. The number of carbonyl (C=O) groups excluding carboxylic acids is 1. The Morgan fingerprint density at radius 1 is 1.29 bits per heavy atom. The van der Waals surface area contributed by atoms with E-state index in [9.17, 15) is 9.59 Å². The van der Waals surface area contributed by atoms with Crippen molar-refractivity contribution in [3.05, 3.63) is 0 Å². The molecular weight excluding hydrogens is 300 g/mol. The molecular formula is C12H25ClN4O4. The smallest absolute Gasteiger partial charge is 0.408 e. The minimum atomic E-state index is -1.10. The van der Waals surface area contributed by atoms with E-state index in [0.29, 0.717) is 19.4 Å². The minimum Gasteiger partial charge on any atom is -0.480 e. The van der Waals surface area contributed by atoms with Gasteiger partial charge in [-0.05, 0) is 40.0 Å². The van der Waals surface area contributed by atoms with Gasteiger partial charge in [0.05, 0.1) is 0 Å². The molecule has 1 atom stereocenters. The standard InChI is InChI=1S/C12H24N4O4.ClH/c1-12(2,3)20-11(19)16-8(9(17)18)6-4-5-7-15-10(13)14;/h8H,4-7H2,1-3H3,(H,16,19)(H,17,18)(H4,13,14,15);1H/t8-;/m0./s1. The summed E-state index contributed by atoms with van der Waals surface area (Å²) in [6, 6.07) is -0.982. The third-order valence-corrected chi connectivity index (χ3v) is 2.18. The summed E-state index contributed by atoms with van der Waals surface area (Å²) in [5.74, 6) is -1.09. The van der Waals surface area contributed by atoms with Crippen molar-refractivity contribution in [2.24, 2.45) is 16.5 Å². The molecule has 8 nitrogen and oxygen atoms in total. The fourth-order valence-electron chi connectivity index (χ4n) is 1.38. The number of aliphatic carboxylic acids is 1. The van der Waals surface area contributed by atoms with Gasteiger partial charge in [-0.2, -0.15) is 0 Å². The molecule has 0 spiro atoms. The summed E-state index contributed by atoms with van der Waals surface area (Å²) in [6.07, 6.45) is 0.754. The average Bonchev–Trinajstić information content (AvgIpc) is 2.23. The molecule has 0 aromatic rings.